The summed E-state index contributed by atoms with van der Waals surface area (Å²) in [5, 5.41) is 0. The van der Waals surface area contributed by atoms with Gasteiger partial charge in [-0.3, -0.25) is 9.59 Å². The van der Waals surface area contributed by atoms with Crippen molar-refractivity contribution in [2.75, 3.05) is 6.61 Å². The highest BCUT2D eigenvalue weighted by Crippen LogP contribution is 2.58. The summed E-state index contributed by atoms with van der Waals surface area (Å²) in [5.41, 5.74) is 1.01. The summed E-state index contributed by atoms with van der Waals surface area (Å²) in [6, 6.07) is 0. The molecule has 7 atom stereocenters. The first-order chi connectivity index (χ1) is 14.8. The minimum atomic E-state index is -2.16. The van der Waals surface area contributed by atoms with Crippen LogP contribution in [0.2, 0.25) is 16.6 Å². The van der Waals surface area contributed by atoms with Gasteiger partial charge in [-0.1, -0.05) is 61.5 Å². The van der Waals surface area contributed by atoms with Crippen LogP contribution in [-0.2, 0) is 28.2 Å². The van der Waals surface area contributed by atoms with Gasteiger partial charge in [0.2, 0.25) is 5.79 Å². The summed E-state index contributed by atoms with van der Waals surface area (Å²) in [5.74, 6) is -1.27. The molecule has 3 heterocycles. The van der Waals surface area contributed by atoms with Crippen molar-refractivity contribution in [1.29, 1.82) is 0 Å². The molecule has 0 amide bonds. The monoisotopic (exact) mass is 466 g/mol. The number of ketones is 1. The summed E-state index contributed by atoms with van der Waals surface area (Å²) in [6.45, 7) is 21.4. The topological polar surface area (TPSA) is 74.4 Å². The molecule has 0 saturated carbocycles. The molecule has 3 saturated heterocycles. The molecule has 0 aromatic rings. The van der Waals surface area contributed by atoms with Crippen LogP contribution in [0.25, 0.3) is 0 Å². The van der Waals surface area contributed by atoms with Crippen LogP contribution in [0.1, 0.15) is 69.2 Å². The van der Waals surface area contributed by atoms with Crippen molar-refractivity contribution in [1.82, 2.24) is 0 Å². The van der Waals surface area contributed by atoms with Crippen LogP contribution in [0.15, 0.2) is 11.6 Å². The number of carbonyl (C=O) groups excluding carboxylic acids is 2. The van der Waals surface area contributed by atoms with E-state index in [2.05, 4.69) is 41.5 Å². The molecule has 0 aromatic carbocycles. The summed E-state index contributed by atoms with van der Waals surface area (Å²) < 4.78 is 25.9. The van der Waals surface area contributed by atoms with Gasteiger partial charge >= 0.3 is 0 Å². The van der Waals surface area contributed by atoms with Crippen LogP contribution in [0.4, 0.5) is 0 Å². The van der Waals surface area contributed by atoms with Crippen molar-refractivity contribution in [2.24, 2.45) is 11.8 Å². The van der Waals surface area contributed by atoms with Crippen LogP contribution < -0.4 is 0 Å². The van der Waals surface area contributed by atoms with E-state index in [0.29, 0.717) is 28.8 Å². The second kappa shape index (κ2) is 8.73. The fourth-order valence-corrected chi connectivity index (χ4v) is 12.0. The summed E-state index contributed by atoms with van der Waals surface area (Å²) in [4.78, 5) is 24.4. The zero-order valence-electron chi connectivity index (χ0n) is 21.4. The molecule has 32 heavy (non-hydrogen) atoms. The van der Waals surface area contributed by atoms with Gasteiger partial charge in [0.15, 0.2) is 25.8 Å². The summed E-state index contributed by atoms with van der Waals surface area (Å²) in [6.07, 6.45) is 1.37. The van der Waals surface area contributed by atoms with Gasteiger partial charge in [-0.25, -0.2) is 0 Å². The highest BCUT2D eigenvalue weighted by molar-refractivity contribution is 6.77. The molecule has 182 valence electrons. The van der Waals surface area contributed by atoms with Crippen molar-refractivity contribution in [3.05, 3.63) is 11.6 Å². The molecule has 3 aliphatic rings. The second-order valence-corrected chi connectivity index (χ2v) is 16.7. The van der Waals surface area contributed by atoms with Gasteiger partial charge in [0, 0.05) is 11.8 Å². The minimum absolute atomic E-state index is 0.0129. The van der Waals surface area contributed by atoms with Gasteiger partial charge in [-0.2, -0.15) is 0 Å². The molecule has 3 fully saturated rings. The summed E-state index contributed by atoms with van der Waals surface area (Å²) in [7, 11) is -2.16. The van der Waals surface area contributed by atoms with Crippen molar-refractivity contribution >= 4 is 20.4 Å². The van der Waals surface area contributed by atoms with Gasteiger partial charge in [0.1, 0.15) is 12.4 Å². The predicted molar refractivity (Wildman–Crippen MR) is 126 cm³/mol. The van der Waals surface area contributed by atoms with Crippen molar-refractivity contribution in [2.45, 2.75) is 116 Å². The van der Waals surface area contributed by atoms with E-state index in [1.807, 2.05) is 26.8 Å². The van der Waals surface area contributed by atoms with E-state index >= 15 is 0 Å². The number of fused-ring (bicyclic) bond motifs is 4. The fourth-order valence-electron chi connectivity index (χ4n) is 6.50. The quantitative estimate of drug-likeness (QED) is 0.210. The Kier molecular flexibility index (Phi) is 7.03. The van der Waals surface area contributed by atoms with Gasteiger partial charge in [-0.15, -0.1) is 0 Å². The third-order valence-electron chi connectivity index (χ3n) is 8.18. The van der Waals surface area contributed by atoms with E-state index in [1.165, 1.54) is 0 Å². The standard InChI is InChI=1S/C25H42O6Si/c1-14(2)32(15(3)4,16(5)6)28-13-25-23(31-25)20(27)22-19(9)21(29-24(25,10)30-22)18(8)11-17(7)12-26/h11-12,14-16,18-19,21-23H,13H2,1-10H3/b17-11+/t18-,19-,21-,22+,23+,24+,25+/m0/s1. The Bertz CT molecular complexity index is 755. The molecule has 0 unspecified atom stereocenters. The lowest BCUT2D eigenvalue weighted by Gasteiger charge is -2.52. The maximum Gasteiger partial charge on any atom is 0.201 e. The molecule has 7 heteroatoms. The summed E-state index contributed by atoms with van der Waals surface area (Å²) >= 11 is 0. The van der Waals surface area contributed by atoms with Gasteiger partial charge < -0.3 is 18.6 Å². The molecule has 3 rings (SSSR count). The maximum atomic E-state index is 13.3. The highest BCUT2D eigenvalue weighted by atomic mass is 28.4. The Balaban J connectivity index is 1.91. The largest absolute Gasteiger partial charge is 0.413 e. The first-order valence-electron chi connectivity index (χ1n) is 12.1. The van der Waals surface area contributed by atoms with E-state index < -0.39 is 31.9 Å². The molecule has 6 nitrogen and oxygen atoms in total. The lowest BCUT2D eigenvalue weighted by atomic mass is 9.78. The molecule has 2 bridgehead atoms. The molecule has 0 aromatic heterocycles. The third kappa shape index (κ3) is 3.78. The molecular weight excluding hydrogens is 424 g/mol. The third-order valence-corrected chi connectivity index (χ3v) is 14.2. The number of hydrogen-bond donors (Lipinski definition) is 0. The maximum absolute atomic E-state index is 13.3. The van der Waals surface area contributed by atoms with Crippen LogP contribution in [0, 0.1) is 11.8 Å². The number of rotatable bonds is 9. The highest BCUT2D eigenvalue weighted by Gasteiger charge is 2.79. The molecule has 0 radical (unpaired) electrons. The zero-order chi connectivity index (χ0) is 24.2. The second-order valence-electron chi connectivity index (χ2n) is 11.2. The van der Waals surface area contributed by atoms with E-state index in [-0.39, 0.29) is 23.7 Å². The number of allylic oxidation sites excluding steroid dienone is 1. The Morgan fingerprint density at radius 3 is 2.12 bits per heavy atom. The number of ether oxygens (including phenoxy) is 3. The first-order valence-corrected chi connectivity index (χ1v) is 14.3. The normalized spacial score (nSPS) is 38.3. The van der Waals surface area contributed by atoms with Crippen molar-refractivity contribution in [3.8, 4) is 0 Å². The van der Waals surface area contributed by atoms with E-state index in [0.717, 1.165) is 6.29 Å². The van der Waals surface area contributed by atoms with Crippen LogP contribution >= 0.6 is 0 Å². The van der Waals surface area contributed by atoms with Crippen LogP contribution in [0.3, 0.4) is 0 Å². The van der Waals surface area contributed by atoms with Crippen molar-refractivity contribution in [3.63, 3.8) is 0 Å². The number of carbonyl (C=O) groups is 2. The predicted octanol–water partition coefficient (Wildman–Crippen LogP) is 4.82. The van der Waals surface area contributed by atoms with Gasteiger partial charge in [0.25, 0.3) is 0 Å². The lowest BCUT2D eigenvalue weighted by molar-refractivity contribution is -0.354. The smallest absolute Gasteiger partial charge is 0.201 e. The Morgan fingerprint density at radius 2 is 1.62 bits per heavy atom. The molecule has 0 N–H and O–H groups in total. The van der Waals surface area contributed by atoms with E-state index in [4.69, 9.17) is 18.6 Å². The molecule has 0 spiro atoms. The molecule has 0 aliphatic carbocycles. The number of aldehydes is 1. The van der Waals surface area contributed by atoms with Crippen LogP contribution in [-0.4, -0.2) is 56.7 Å². The Hall–Kier alpha value is -0.863. The average Bonchev–Trinajstić information content (AvgIpc) is 3.45. The number of Topliss-reactive ketones (excluding diaryl/α,β-unsaturated/α-hetero) is 1. The molecular formula is C25H42O6Si. The van der Waals surface area contributed by atoms with Gasteiger partial charge in [-0.05, 0) is 36.0 Å². The zero-order valence-corrected chi connectivity index (χ0v) is 22.4. The SMILES string of the molecule is C/C(C=O)=C\[C@H](C)[C@@H]1O[C@]2(C)O[C@@H](C(=O)[C@H]3O[C@]32CO[Si](C(C)C)(C(C)C)C(C)C)[C@H]1C. The average molecular weight is 467 g/mol. The fraction of sp³-hybridized carbons (Fsp3) is 0.840. The Morgan fingerprint density at radius 1 is 1.06 bits per heavy atom. The number of epoxide rings is 1. The van der Waals surface area contributed by atoms with Gasteiger partial charge in [0.05, 0.1) is 12.7 Å². The number of hydrogen-bond acceptors (Lipinski definition) is 6. The Labute approximate surface area is 194 Å². The van der Waals surface area contributed by atoms with E-state index in [9.17, 15) is 9.59 Å². The minimum Gasteiger partial charge on any atom is -0.413 e. The van der Waals surface area contributed by atoms with Crippen molar-refractivity contribution < 1.29 is 28.2 Å². The lowest BCUT2D eigenvalue weighted by Crippen LogP contribution is -2.68. The molecule has 3 aliphatic heterocycles. The first kappa shape index (κ1) is 25.8. The van der Waals surface area contributed by atoms with Crippen LogP contribution in [0.5, 0.6) is 0 Å². The van der Waals surface area contributed by atoms with E-state index in [1.54, 1.807) is 6.92 Å².